The molecule has 22 heavy (non-hydrogen) atoms. The van der Waals surface area contributed by atoms with Gasteiger partial charge < -0.3 is 10.1 Å². The summed E-state index contributed by atoms with van der Waals surface area (Å²) >= 11 is 0. The van der Waals surface area contributed by atoms with Gasteiger partial charge in [-0.2, -0.15) is 0 Å². The molecule has 2 unspecified atom stereocenters. The molecule has 1 aliphatic heterocycles. The highest BCUT2D eigenvalue weighted by Gasteiger charge is 2.18. The number of unbranched alkanes of at least 4 members (excludes halogenated alkanes) is 7. The molecule has 0 aliphatic carbocycles. The van der Waals surface area contributed by atoms with E-state index >= 15 is 0 Å². The first-order chi connectivity index (χ1) is 10.7. The molecule has 0 aromatic heterocycles. The molecule has 0 saturated carbocycles. The Hall–Kier alpha value is -0.160. The third-order valence-corrected chi connectivity index (χ3v) is 4.71. The van der Waals surface area contributed by atoms with E-state index in [1.165, 1.54) is 57.8 Å². The lowest BCUT2D eigenvalue weighted by Gasteiger charge is -2.32. The number of hydrogen-bond acceptors (Lipinski definition) is 4. The fourth-order valence-corrected chi connectivity index (χ4v) is 3.10. The molecule has 4 heteroatoms. The number of ether oxygens (including phenoxy) is 1. The van der Waals surface area contributed by atoms with Crippen molar-refractivity contribution in [1.82, 2.24) is 10.3 Å². The van der Waals surface area contributed by atoms with Crippen LogP contribution in [0.4, 0.5) is 0 Å². The molecule has 1 rings (SSSR count). The highest BCUT2D eigenvalue weighted by atomic mass is 16.5. The van der Waals surface area contributed by atoms with Crippen LogP contribution in [0.2, 0.25) is 0 Å². The van der Waals surface area contributed by atoms with Crippen molar-refractivity contribution in [2.75, 3.05) is 26.2 Å². The summed E-state index contributed by atoms with van der Waals surface area (Å²) < 4.78 is 5.94. The van der Waals surface area contributed by atoms with Crippen molar-refractivity contribution in [2.24, 2.45) is 5.84 Å². The van der Waals surface area contributed by atoms with Gasteiger partial charge in [-0.15, -0.1) is 0 Å². The molecule has 0 spiro atoms. The van der Waals surface area contributed by atoms with Crippen molar-refractivity contribution in [3.63, 3.8) is 0 Å². The Morgan fingerprint density at radius 2 is 1.82 bits per heavy atom. The zero-order valence-corrected chi connectivity index (χ0v) is 15.0. The smallest absolute Gasteiger partial charge is 0.0547 e. The molecule has 3 N–H and O–H groups in total. The Labute approximate surface area is 138 Å². The lowest BCUT2D eigenvalue weighted by Crippen LogP contribution is -2.54. The second kappa shape index (κ2) is 13.3. The zero-order chi connectivity index (χ0) is 16.0. The molecule has 1 fully saturated rings. The molecule has 0 bridgehead atoms. The Morgan fingerprint density at radius 3 is 2.50 bits per heavy atom. The van der Waals surface area contributed by atoms with Crippen molar-refractivity contribution in [2.45, 2.75) is 90.2 Å². The van der Waals surface area contributed by atoms with Crippen molar-refractivity contribution < 1.29 is 4.74 Å². The van der Waals surface area contributed by atoms with Gasteiger partial charge >= 0.3 is 0 Å². The van der Waals surface area contributed by atoms with Crippen LogP contribution in [0.3, 0.4) is 0 Å². The number of nitrogens with two attached hydrogens (primary N) is 1. The van der Waals surface area contributed by atoms with E-state index in [0.29, 0.717) is 12.1 Å². The fraction of sp³-hybridized carbons (Fsp3) is 1.00. The van der Waals surface area contributed by atoms with E-state index in [1.54, 1.807) is 0 Å². The second-order valence-corrected chi connectivity index (χ2v) is 6.83. The largest absolute Gasteiger partial charge is 0.378 e. The number of hydrogen-bond donors (Lipinski definition) is 2. The average molecular weight is 314 g/mol. The number of nitrogens with zero attached hydrogens (tertiary/aromatic N) is 1. The van der Waals surface area contributed by atoms with E-state index < -0.39 is 0 Å². The van der Waals surface area contributed by atoms with Gasteiger partial charge in [0.2, 0.25) is 0 Å². The van der Waals surface area contributed by atoms with Crippen LogP contribution in [-0.2, 0) is 4.74 Å². The third-order valence-electron chi connectivity index (χ3n) is 4.71. The molecule has 1 saturated heterocycles. The van der Waals surface area contributed by atoms with Gasteiger partial charge in [-0.25, -0.2) is 5.01 Å². The number of rotatable bonds is 13. The summed E-state index contributed by atoms with van der Waals surface area (Å²) in [5.74, 6) is 5.99. The van der Waals surface area contributed by atoms with E-state index in [4.69, 9.17) is 10.6 Å². The molecule has 2 atom stereocenters. The summed E-state index contributed by atoms with van der Waals surface area (Å²) in [6, 6.07) is 0.434. The van der Waals surface area contributed by atoms with Crippen LogP contribution < -0.4 is 11.2 Å². The Bertz CT molecular complexity index is 250. The molecular formula is C18H39N3O. The first-order valence-corrected chi connectivity index (χ1v) is 9.57. The minimum atomic E-state index is 0.392. The quantitative estimate of drug-likeness (QED) is 0.404. The summed E-state index contributed by atoms with van der Waals surface area (Å²) in [7, 11) is 0. The molecule has 4 nitrogen and oxygen atoms in total. The maximum absolute atomic E-state index is 5.99. The van der Waals surface area contributed by atoms with Gasteiger partial charge in [-0.3, -0.25) is 5.84 Å². The molecule has 1 aliphatic rings. The van der Waals surface area contributed by atoms with E-state index in [1.807, 2.05) is 5.01 Å². The lowest BCUT2D eigenvalue weighted by atomic mass is 10.1. The molecule has 0 aromatic carbocycles. The monoisotopic (exact) mass is 313 g/mol. The van der Waals surface area contributed by atoms with Crippen LogP contribution in [0, 0.1) is 0 Å². The van der Waals surface area contributed by atoms with Gasteiger partial charge in [-0.05, 0) is 19.8 Å². The predicted octanol–water partition coefficient (Wildman–Crippen LogP) is 3.46. The molecule has 132 valence electrons. The SMILES string of the molecule is CCCCCCCCCCC(C)OCCC1CNCCN1N. The topological polar surface area (TPSA) is 50.5 Å². The summed E-state index contributed by atoms with van der Waals surface area (Å²) in [6.45, 7) is 8.25. The van der Waals surface area contributed by atoms with Gasteiger partial charge in [0, 0.05) is 32.3 Å². The number of hydrazine groups is 1. The summed E-state index contributed by atoms with van der Waals surface area (Å²) in [4.78, 5) is 0. The highest BCUT2D eigenvalue weighted by Crippen LogP contribution is 2.12. The summed E-state index contributed by atoms with van der Waals surface area (Å²) in [5, 5.41) is 5.35. The number of nitrogens with one attached hydrogen (secondary N) is 1. The van der Waals surface area contributed by atoms with Gasteiger partial charge in [0.1, 0.15) is 0 Å². The van der Waals surface area contributed by atoms with E-state index in [2.05, 4.69) is 19.2 Å². The average Bonchev–Trinajstić information content (AvgIpc) is 2.52. The van der Waals surface area contributed by atoms with Crippen molar-refractivity contribution >= 4 is 0 Å². The van der Waals surface area contributed by atoms with Crippen molar-refractivity contribution in [3.05, 3.63) is 0 Å². The van der Waals surface area contributed by atoms with Crippen LogP contribution in [-0.4, -0.2) is 43.4 Å². The van der Waals surface area contributed by atoms with Gasteiger partial charge in [-0.1, -0.05) is 58.3 Å². The van der Waals surface area contributed by atoms with E-state index in [9.17, 15) is 0 Å². The van der Waals surface area contributed by atoms with Crippen LogP contribution >= 0.6 is 0 Å². The normalized spacial score (nSPS) is 21.1. The molecule has 1 heterocycles. The summed E-state index contributed by atoms with van der Waals surface area (Å²) in [6.07, 6.45) is 13.7. The fourth-order valence-electron chi connectivity index (χ4n) is 3.10. The zero-order valence-electron chi connectivity index (χ0n) is 15.0. The van der Waals surface area contributed by atoms with Crippen LogP contribution in [0.5, 0.6) is 0 Å². The van der Waals surface area contributed by atoms with Crippen LogP contribution in [0.1, 0.15) is 78.1 Å². The summed E-state index contributed by atoms with van der Waals surface area (Å²) in [5.41, 5.74) is 0. The Kier molecular flexibility index (Phi) is 12.0. The first kappa shape index (κ1) is 19.9. The van der Waals surface area contributed by atoms with E-state index in [-0.39, 0.29) is 0 Å². The minimum absolute atomic E-state index is 0.392. The molecule has 0 radical (unpaired) electrons. The lowest BCUT2D eigenvalue weighted by molar-refractivity contribution is 0.0363. The highest BCUT2D eigenvalue weighted by molar-refractivity contribution is 4.75. The molecular weight excluding hydrogens is 274 g/mol. The van der Waals surface area contributed by atoms with Gasteiger partial charge in [0.05, 0.1) is 6.10 Å². The Balaban J connectivity index is 1.87. The van der Waals surface area contributed by atoms with E-state index in [0.717, 1.165) is 32.7 Å². The Morgan fingerprint density at radius 1 is 1.14 bits per heavy atom. The third kappa shape index (κ3) is 9.78. The predicted molar refractivity (Wildman–Crippen MR) is 94.8 cm³/mol. The second-order valence-electron chi connectivity index (χ2n) is 6.83. The van der Waals surface area contributed by atoms with Crippen LogP contribution in [0.25, 0.3) is 0 Å². The number of piperazine rings is 1. The molecule has 0 aromatic rings. The molecule has 0 amide bonds. The van der Waals surface area contributed by atoms with Gasteiger partial charge in [0.15, 0.2) is 0 Å². The van der Waals surface area contributed by atoms with Gasteiger partial charge in [0.25, 0.3) is 0 Å². The van der Waals surface area contributed by atoms with Crippen molar-refractivity contribution in [3.8, 4) is 0 Å². The first-order valence-electron chi connectivity index (χ1n) is 9.57. The van der Waals surface area contributed by atoms with Crippen LogP contribution in [0.15, 0.2) is 0 Å². The maximum atomic E-state index is 5.99. The standard InChI is InChI=1S/C18H39N3O/c1-3-4-5-6-7-8-9-10-11-17(2)22-15-12-18-16-20-13-14-21(18)19/h17-18,20H,3-16,19H2,1-2H3. The van der Waals surface area contributed by atoms with Crippen molar-refractivity contribution in [1.29, 1.82) is 0 Å². The maximum Gasteiger partial charge on any atom is 0.0547 e. The minimum Gasteiger partial charge on any atom is -0.378 e.